The Balaban J connectivity index is 1.84. The molecule has 0 amide bonds. The van der Waals surface area contributed by atoms with Gasteiger partial charge in [-0.25, -0.2) is 0 Å². The van der Waals surface area contributed by atoms with Gasteiger partial charge in [0.05, 0.1) is 0 Å². The van der Waals surface area contributed by atoms with Crippen molar-refractivity contribution in [3.8, 4) is 0 Å². The molecule has 4 atom stereocenters. The summed E-state index contributed by atoms with van der Waals surface area (Å²) in [4.78, 5) is 0. The highest BCUT2D eigenvalue weighted by Gasteiger charge is 2.42. The normalized spacial score (nSPS) is 31.1. The van der Waals surface area contributed by atoms with Crippen LogP contribution >= 0.6 is 0 Å². The molecule has 2 aliphatic rings. The van der Waals surface area contributed by atoms with Gasteiger partial charge in [-0.05, 0) is 64.0 Å². The van der Waals surface area contributed by atoms with Crippen LogP contribution in [0, 0.1) is 17.8 Å². The molecule has 2 rings (SSSR count). The third kappa shape index (κ3) is 3.72. The van der Waals surface area contributed by atoms with Gasteiger partial charge in [0.1, 0.15) is 0 Å². The highest BCUT2D eigenvalue weighted by Crippen LogP contribution is 2.49. The van der Waals surface area contributed by atoms with E-state index in [1.807, 2.05) is 14.0 Å². The van der Waals surface area contributed by atoms with E-state index in [-0.39, 0.29) is 6.04 Å². The predicted molar refractivity (Wildman–Crippen MR) is 81.6 cm³/mol. The lowest BCUT2D eigenvalue weighted by atomic mass is 9.84. The summed E-state index contributed by atoms with van der Waals surface area (Å²) in [6, 6.07) is 0.0575. The minimum atomic E-state index is -3.34. The summed E-state index contributed by atoms with van der Waals surface area (Å²) in [5.41, 5.74) is 0. The van der Waals surface area contributed by atoms with Crippen molar-refractivity contribution >= 4 is 10.2 Å². The molecule has 20 heavy (non-hydrogen) atoms. The smallest absolute Gasteiger partial charge is 0.279 e. The maximum atomic E-state index is 12.3. The van der Waals surface area contributed by atoms with Gasteiger partial charge >= 0.3 is 0 Å². The number of nitrogens with zero attached hydrogens (tertiary/aromatic N) is 1. The van der Waals surface area contributed by atoms with E-state index in [1.165, 1.54) is 30.0 Å². The maximum absolute atomic E-state index is 12.3. The Morgan fingerprint density at radius 3 is 2.60 bits per heavy atom. The van der Waals surface area contributed by atoms with Crippen molar-refractivity contribution in [3.05, 3.63) is 0 Å². The topological polar surface area (TPSA) is 61.4 Å². The highest BCUT2D eigenvalue weighted by molar-refractivity contribution is 7.87. The number of nitrogens with one attached hydrogen (secondary N) is 2. The first-order chi connectivity index (χ1) is 9.44. The third-order valence-electron chi connectivity index (χ3n) is 5.08. The molecule has 0 aromatic rings. The van der Waals surface area contributed by atoms with Gasteiger partial charge in [0, 0.05) is 19.6 Å². The first-order valence-corrected chi connectivity index (χ1v) is 9.26. The molecule has 2 bridgehead atoms. The number of hydrogen-bond donors (Lipinski definition) is 2. The van der Waals surface area contributed by atoms with Gasteiger partial charge in [0.15, 0.2) is 0 Å². The van der Waals surface area contributed by atoms with Crippen molar-refractivity contribution in [2.24, 2.45) is 17.8 Å². The summed E-state index contributed by atoms with van der Waals surface area (Å²) < 4.78 is 28.9. The second-order valence-electron chi connectivity index (χ2n) is 6.53. The molecule has 0 radical (unpaired) electrons. The molecular weight excluding hydrogens is 274 g/mol. The minimum Gasteiger partial charge on any atom is -0.320 e. The van der Waals surface area contributed by atoms with E-state index in [1.54, 1.807) is 7.05 Å². The Morgan fingerprint density at radius 1 is 1.30 bits per heavy atom. The molecule has 0 spiro atoms. The fourth-order valence-electron chi connectivity index (χ4n) is 3.92. The fourth-order valence-corrected chi connectivity index (χ4v) is 5.11. The van der Waals surface area contributed by atoms with Crippen LogP contribution in [0.1, 0.15) is 39.0 Å². The second-order valence-corrected chi connectivity index (χ2v) is 8.34. The van der Waals surface area contributed by atoms with E-state index >= 15 is 0 Å². The Kier molecular flexibility index (Phi) is 5.45. The van der Waals surface area contributed by atoms with Crippen LogP contribution < -0.4 is 10.0 Å². The molecule has 2 fully saturated rings. The van der Waals surface area contributed by atoms with Crippen molar-refractivity contribution < 1.29 is 8.42 Å². The SMILES string of the molecule is CNCCCN(C)S(=O)(=O)NC(C)C1CC2CCC1C2. The maximum Gasteiger partial charge on any atom is 0.279 e. The van der Waals surface area contributed by atoms with E-state index in [9.17, 15) is 8.42 Å². The summed E-state index contributed by atoms with van der Waals surface area (Å²) in [6.07, 6.45) is 5.99. The first-order valence-electron chi connectivity index (χ1n) is 7.82. The monoisotopic (exact) mass is 303 g/mol. The lowest BCUT2D eigenvalue weighted by Crippen LogP contribution is -2.46. The summed E-state index contributed by atoms with van der Waals surface area (Å²) >= 11 is 0. The van der Waals surface area contributed by atoms with Crippen LogP contribution in [-0.4, -0.2) is 45.9 Å². The van der Waals surface area contributed by atoms with Crippen LogP contribution in [0.15, 0.2) is 0 Å². The lowest BCUT2D eigenvalue weighted by Gasteiger charge is -2.30. The molecule has 0 aliphatic heterocycles. The molecule has 4 unspecified atom stereocenters. The van der Waals surface area contributed by atoms with Crippen LogP contribution in [-0.2, 0) is 10.2 Å². The predicted octanol–water partition coefficient (Wildman–Crippen LogP) is 1.19. The third-order valence-corrected chi connectivity index (χ3v) is 6.75. The van der Waals surface area contributed by atoms with Crippen molar-refractivity contribution in [2.45, 2.75) is 45.1 Å². The zero-order chi connectivity index (χ0) is 14.8. The fraction of sp³-hybridized carbons (Fsp3) is 1.00. The van der Waals surface area contributed by atoms with Gasteiger partial charge in [0.2, 0.25) is 0 Å². The van der Waals surface area contributed by atoms with Crippen molar-refractivity contribution in [2.75, 3.05) is 27.2 Å². The molecule has 2 aliphatic carbocycles. The Hall–Kier alpha value is -0.170. The molecule has 0 aromatic heterocycles. The Labute approximate surface area is 123 Å². The second kappa shape index (κ2) is 6.73. The van der Waals surface area contributed by atoms with Gasteiger partial charge < -0.3 is 5.32 Å². The van der Waals surface area contributed by atoms with Gasteiger partial charge in [-0.15, -0.1) is 0 Å². The average Bonchev–Trinajstić information content (AvgIpc) is 3.00. The van der Waals surface area contributed by atoms with Crippen LogP contribution in [0.2, 0.25) is 0 Å². The van der Waals surface area contributed by atoms with E-state index in [4.69, 9.17) is 0 Å². The van der Waals surface area contributed by atoms with Crippen LogP contribution in [0.5, 0.6) is 0 Å². The number of hydrogen-bond acceptors (Lipinski definition) is 3. The van der Waals surface area contributed by atoms with E-state index in [0.29, 0.717) is 12.5 Å². The molecule has 118 valence electrons. The Bertz CT molecular complexity index is 413. The summed E-state index contributed by atoms with van der Waals surface area (Å²) in [5.74, 6) is 2.13. The van der Waals surface area contributed by atoms with Gasteiger partial charge in [-0.1, -0.05) is 6.42 Å². The number of rotatable bonds is 8. The molecule has 2 N–H and O–H groups in total. The van der Waals surface area contributed by atoms with E-state index < -0.39 is 10.2 Å². The van der Waals surface area contributed by atoms with Crippen molar-refractivity contribution in [3.63, 3.8) is 0 Å². The van der Waals surface area contributed by atoms with Crippen molar-refractivity contribution in [1.29, 1.82) is 0 Å². The first kappa shape index (κ1) is 16.2. The van der Waals surface area contributed by atoms with E-state index in [0.717, 1.165) is 24.8 Å². The number of fused-ring (bicyclic) bond motifs is 2. The van der Waals surface area contributed by atoms with Gasteiger partial charge in [0.25, 0.3) is 10.2 Å². The summed E-state index contributed by atoms with van der Waals surface area (Å²) in [5, 5.41) is 3.04. The van der Waals surface area contributed by atoms with Crippen LogP contribution in [0.25, 0.3) is 0 Å². The van der Waals surface area contributed by atoms with Crippen LogP contribution in [0.4, 0.5) is 0 Å². The molecular formula is C14H29N3O2S. The largest absolute Gasteiger partial charge is 0.320 e. The quantitative estimate of drug-likeness (QED) is 0.662. The lowest BCUT2D eigenvalue weighted by molar-refractivity contribution is 0.276. The van der Waals surface area contributed by atoms with Gasteiger partial charge in [-0.2, -0.15) is 17.4 Å². The molecule has 0 saturated heterocycles. The molecule has 5 nitrogen and oxygen atoms in total. The zero-order valence-corrected chi connectivity index (χ0v) is 13.7. The molecule has 0 aromatic carbocycles. The zero-order valence-electron chi connectivity index (χ0n) is 12.9. The standard InChI is InChI=1S/C14H29N3O2S/c1-11(14-10-12-5-6-13(14)9-12)16-20(18,19)17(3)8-4-7-15-2/h11-16H,4-10H2,1-3H3. The molecule has 0 heterocycles. The van der Waals surface area contributed by atoms with Crippen LogP contribution in [0.3, 0.4) is 0 Å². The molecule has 6 heteroatoms. The summed E-state index contributed by atoms with van der Waals surface area (Å²) in [7, 11) is 0.199. The summed E-state index contributed by atoms with van der Waals surface area (Å²) in [6.45, 7) is 3.42. The van der Waals surface area contributed by atoms with E-state index in [2.05, 4.69) is 10.0 Å². The Morgan fingerprint density at radius 2 is 2.05 bits per heavy atom. The minimum absolute atomic E-state index is 0.0575. The van der Waals surface area contributed by atoms with Gasteiger partial charge in [-0.3, -0.25) is 0 Å². The molecule has 2 saturated carbocycles. The average molecular weight is 303 g/mol. The van der Waals surface area contributed by atoms with Crippen molar-refractivity contribution in [1.82, 2.24) is 14.3 Å². The highest BCUT2D eigenvalue weighted by atomic mass is 32.2.